The first-order valence-corrected chi connectivity index (χ1v) is 13.8. The van der Waals surface area contributed by atoms with Crippen LogP contribution in [0.2, 0.25) is 0 Å². The van der Waals surface area contributed by atoms with Crippen LogP contribution in [0.4, 0.5) is 5.69 Å². The highest BCUT2D eigenvalue weighted by Gasteiger charge is 2.24. The van der Waals surface area contributed by atoms with Gasteiger partial charge in [-0.1, -0.05) is 42.5 Å². The minimum atomic E-state index is -3.18. The van der Waals surface area contributed by atoms with E-state index in [4.69, 9.17) is 4.74 Å². The number of ether oxygens (including phenoxy) is 1. The Morgan fingerprint density at radius 1 is 0.941 bits per heavy atom. The summed E-state index contributed by atoms with van der Waals surface area (Å²) >= 11 is 0. The second-order valence-electron chi connectivity index (χ2n) is 9.37. The maximum Gasteiger partial charge on any atom is 0.175 e. The Kier molecular flexibility index (Phi) is 7.59. The number of nitrogens with zero attached hydrogens (tertiary/aromatic N) is 2. The zero-order chi connectivity index (χ0) is 24.1. The van der Waals surface area contributed by atoms with Crippen molar-refractivity contribution in [2.24, 2.45) is 0 Å². The Bertz CT molecular complexity index is 1180. The summed E-state index contributed by atoms with van der Waals surface area (Å²) in [5, 5.41) is 0. The van der Waals surface area contributed by atoms with Gasteiger partial charge in [0, 0.05) is 44.0 Å². The molecule has 4 rings (SSSR count). The van der Waals surface area contributed by atoms with E-state index in [1.807, 2.05) is 18.2 Å². The van der Waals surface area contributed by atoms with Gasteiger partial charge in [-0.05, 0) is 61.4 Å². The van der Waals surface area contributed by atoms with E-state index in [9.17, 15) is 8.42 Å². The molecular formula is C28H34N2O3S. The quantitative estimate of drug-likeness (QED) is 0.425. The van der Waals surface area contributed by atoms with Crippen molar-refractivity contribution in [3.8, 4) is 5.75 Å². The molecular weight excluding hydrogens is 444 g/mol. The molecule has 1 aliphatic rings. The van der Waals surface area contributed by atoms with Gasteiger partial charge in [0.1, 0.15) is 11.9 Å². The molecule has 0 aliphatic carbocycles. The van der Waals surface area contributed by atoms with Gasteiger partial charge >= 0.3 is 0 Å². The Hall–Kier alpha value is -2.83. The van der Waals surface area contributed by atoms with Crippen LogP contribution in [0.5, 0.6) is 5.75 Å². The number of sulfone groups is 1. The fraction of sp³-hybridized carbons (Fsp3) is 0.357. The first kappa shape index (κ1) is 24.3. The largest absolute Gasteiger partial charge is 0.489 e. The first-order valence-electron chi connectivity index (χ1n) is 11.9. The summed E-state index contributed by atoms with van der Waals surface area (Å²) in [6.45, 7) is 7.93. The monoisotopic (exact) mass is 478 g/mol. The smallest absolute Gasteiger partial charge is 0.175 e. The molecule has 1 aliphatic heterocycles. The zero-order valence-electron chi connectivity index (χ0n) is 20.2. The third-order valence-electron chi connectivity index (χ3n) is 6.32. The topological polar surface area (TPSA) is 49.9 Å². The minimum Gasteiger partial charge on any atom is -0.489 e. The second-order valence-corrected chi connectivity index (χ2v) is 11.4. The van der Waals surface area contributed by atoms with Crippen LogP contribution >= 0.6 is 0 Å². The highest BCUT2D eigenvalue weighted by Crippen LogP contribution is 2.26. The standard InChI is InChI=1S/C28H34N2O3S/c1-22(2)30(19-23-8-5-4-6-9-23)20-24-10-7-11-26(18-24)33-27-16-17-29(21-27)25-12-14-28(15-13-25)34(3,31)32/h4-15,18,22,27H,16-17,19-21H2,1-3H3/t27-/m0/s1. The lowest BCUT2D eigenvalue weighted by Crippen LogP contribution is -2.29. The maximum absolute atomic E-state index is 11.7. The van der Waals surface area contributed by atoms with Crippen molar-refractivity contribution < 1.29 is 13.2 Å². The van der Waals surface area contributed by atoms with E-state index in [1.165, 1.54) is 17.4 Å². The number of hydrogen-bond donors (Lipinski definition) is 0. The van der Waals surface area contributed by atoms with Gasteiger partial charge in [-0.15, -0.1) is 0 Å². The lowest BCUT2D eigenvalue weighted by atomic mass is 10.1. The molecule has 3 aromatic carbocycles. The van der Waals surface area contributed by atoms with Gasteiger partial charge in [0.2, 0.25) is 0 Å². The van der Waals surface area contributed by atoms with Gasteiger partial charge in [-0.25, -0.2) is 8.42 Å². The van der Waals surface area contributed by atoms with Gasteiger partial charge in [0.25, 0.3) is 0 Å². The molecule has 1 atom stereocenters. The molecule has 0 amide bonds. The summed E-state index contributed by atoms with van der Waals surface area (Å²) < 4.78 is 29.8. The fourth-order valence-corrected chi connectivity index (χ4v) is 4.98. The van der Waals surface area contributed by atoms with E-state index in [-0.39, 0.29) is 6.10 Å². The Morgan fingerprint density at radius 2 is 1.62 bits per heavy atom. The highest BCUT2D eigenvalue weighted by atomic mass is 32.2. The number of benzene rings is 3. The number of anilines is 1. The van der Waals surface area contributed by atoms with E-state index in [2.05, 4.69) is 72.2 Å². The highest BCUT2D eigenvalue weighted by molar-refractivity contribution is 7.90. The van der Waals surface area contributed by atoms with Crippen molar-refractivity contribution in [3.05, 3.63) is 90.0 Å². The number of rotatable bonds is 9. The molecule has 0 aromatic heterocycles. The summed E-state index contributed by atoms with van der Waals surface area (Å²) in [4.78, 5) is 5.06. The lowest BCUT2D eigenvalue weighted by molar-refractivity contribution is 0.202. The van der Waals surface area contributed by atoms with Crippen LogP contribution in [-0.2, 0) is 22.9 Å². The Balaban J connectivity index is 1.37. The molecule has 1 fully saturated rings. The Morgan fingerprint density at radius 3 is 2.29 bits per heavy atom. The SMILES string of the molecule is CC(C)N(Cc1ccccc1)Cc1cccc(O[C@H]2CCN(c3ccc(S(C)(=O)=O)cc3)C2)c1. The molecule has 0 radical (unpaired) electrons. The van der Waals surface area contributed by atoms with Crippen molar-refractivity contribution in [3.63, 3.8) is 0 Å². The van der Waals surface area contributed by atoms with E-state index in [1.54, 1.807) is 12.1 Å². The van der Waals surface area contributed by atoms with Gasteiger partial charge in [0.15, 0.2) is 9.84 Å². The molecule has 34 heavy (non-hydrogen) atoms. The van der Waals surface area contributed by atoms with Crippen LogP contribution in [0.15, 0.2) is 83.8 Å². The molecule has 1 saturated heterocycles. The molecule has 3 aromatic rings. The predicted octanol–water partition coefficient (Wildman–Crippen LogP) is 5.16. The van der Waals surface area contributed by atoms with Gasteiger partial charge in [0.05, 0.1) is 11.4 Å². The molecule has 5 nitrogen and oxygen atoms in total. The van der Waals surface area contributed by atoms with Crippen molar-refractivity contribution in [2.75, 3.05) is 24.2 Å². The van der Waals surface area contributed by atoms with Gasteiger partial charge < -0.3 is 9.64 Å². The van der Waals surface area contributed by atoms with Crippen LogP contribution in [-0.4, -0.2) is 44.8 Å². The summed E-state index contributed by atoms with van der Waals surface area (Å²) in [7, 11) is -3.18. The molecule has 180 valence electrons. The summed E-state index contributed by atoms with van der Waals surface area (Å²) in [6.07, 6.45) is 2.28. The second kappa shape index (κ2) is 10.6. The average molecular weight is 479 g/mol. The van der Waals surface area contributed by atoms with Crippen molar-refractivity contribution in [1.82, 2.24) is 4.90 Å². The van der Waals surface area contributed by atoms with Crippen molar-refractivity contribution >= 4 is 15.5 Å². The van der Waals surface area contributed by atoms with Crippen LogP contribution in [0.1, 0.15) is 31.4 Å². The van der Waals surface area contributed by atoms with Gasteiger partial charge in [-0.2, -0.15) is 0 Å². The lowest BCUT2D eigenvalue weighted by Gasteiger charge is -2.27. The first-order chi connectivity index (χ1) is 16.3. The maximum atomic E-state index is 11.7. The summed E-state index contributed by atoms with van der Waals surface area (Å²) in [5.74, 6) is 0.903. The van der Waals surface area contributed by atoms with E-state index in [0.717, 1.165) is 44.0 Å². The van der Waals surface area contributed by atoms with E-state index < -0.39 is 9.84 Å². The van der Waals surface area contributed by atoms with E-state index >= 15 is 0 Å². The normalized spacial score (nSPS) is 16.4. The molecule has 0 spiro atoms. The molecule has 1 heterocycles. The predicted molar refractivity (Wildman–Crippen MR) is 138 cm³/mol. The number of hydrogen-bond acceptors (Lipinski definition) is 5. The van der Waals surface area contributed by atoms with Crippen molar-refractivity contribution in [2.45, 2.75) is 50.4 Å². The molecule has 0 N–H and O–H groups in total. The molecule has 0 bridgehead atoms. The van der Waals surface area contributed by atoms with E-state index in [0.29, 0.717) is 10.9 Å². The summed E-state index contributed by atoms with van der Waals surface area (Å²) in [6, 6.07) is 26.6. The van der Waals surface area contributed by atoms with Crippen LogP contribution in [0.3, 0.4) is 0 Å². The van der Waals surface area contributed by atoms with Crippen LogP contribution < -0.4 is 9.64 Å². The average Bonchev–Trinajstić information content (AvgIpc) is 3.27. The zero-order valence-corrected chi connectivity index (χ0v) is 21.0. The molecule has 6 heteroatoms. The van der Waals surface area contributed by atoms with Crippen molar-refractivity contribution in [1.29, 1.82) is 0 Å². The van der Waals surface area contributed by atoms with Crippen LogP contribution in [0.25, 0.3) is 0 Å². The third kappa shape index (κ3) is 6.39. The Labute approximate surface area is 203 Å². The summed E-state index contributed by atoms with van der Waals surface area (Å²) in [5.41, 5.74) is 3.59. The molecule has 0 saturated carbocycles. The minimum absolute atomic E-state index is 0.107. The van der Waals surface area contributed by atoms with Crippen LogP contribution in [0, 0.1) is 0 Å². The van der Waals surface area contributed by atoms with Gasteiger partial charge in [-0.3, -0.25) is 4.90 Å². The third-order valence-corrected chi connectivity index (χ3v) is 7.45. The molecule has 0 unspecified atom stereocenters. The fourth-order valence-electron chi connectivity index (χ4n) is 4.35.